The lowest BCUT2D eigenvalue weighted by atomic mass is 10.0. The molecule has 0 saturated heterocycles. The molecule has 1 unspecified atom stereocenters. The molecule has 0 bridgehead atoms. The van der Waals surface area contributed by atoms with Crippen molar-refractivity contribution in [2.45, 2.75) is 10.1 Å². The summed E-state index contributed by atoms with van der Waals surface area (Å²) in [7, 11) is -3.64. The first-order valence-electron chi connectivity index (χ1n) is 6.14. The topological polar surface area (TPSA) is 72.8 Å². The van der Waals surface area contributed by atoms with E-state index < -0.39 is 10.1 Å². The fraction of sp³-hybridized carbons (Fsp3) is 0.214. The molecule has 0 aromatic heterocycles. The quantitative estimate of drug-likeness (QED) is 0.459. The molecule has 1 aromatic carbocycles. The van der Waals surface area contributed by atoms with Crippen LogP contribution in [-0.2, 0) is 19.2 Å². The largest absolute Gasteiger partial charge is 0.325 e. The molecule has 5 nitrogen and oxygen atoms in total. The van der Waals surface area contributed by atoms with Crippen LogP contribution in [0.5, 0.6) is 0 Å². The Morgan fingerprint density at radius 3 is 2.59 bits per heavy atom. The molecule has 116 valence electrons. The summed E-state index contributed by atoms with van der Waals surface area (Å²) in [5.74, 6) is 1.96. The zero-order valence-electron chi connectivity index (χ0n) is 11.8. The summed E-state index contributed by atoms with van der Waals surface area (Å²) >= 11 is 2.85. The highest BCUT2D eigenvalue weighted by molar-refractivity contribution is 8.15. The van der Waals surface area contributed by atoms with Crippen LogP contribution in [0.15, 0.2) is 46.5 Å². The Hall–Kier alpha value is -1.47. The van der Waals surface area contributed by atoms with Gasteiger partial charge in [-0.2, -0.15) is 8.42 Å². The molecule has 8 heteroatoms. The van der Waals surface area contributed by atoms with Gasteiger partial charge in [0.25, 0.3) is 0 Å². The second-order valence-corrected chi connectivity index (χ2v) is 7.95. The van der Waals surface area contributed by atoms with E-state index in [0.29, 0.717) is 10.6 Å². The van der Waals surface area contributed by atoms with E-state index in [1.54, 1.807) is 23.9 Å². The maximum Gasteiger partial charge on any atom is 0.325 e. The Morgan fingerprint density at radius 2 is 2.05 bits per heavy atom. The SMILES string of the molecule is CSc1ccc(C(=C=O)C2C=C/C(=N\OS(C)(=O)=O)S2)cc1. The lowest BCUT2D eigenvalue weighted by molar-refractivity contribution is 0.345. The molecule has 0 aliphatic carbocycles. The normalized spacial score (nSPS) is 19.2. The lowest BCUT2D eigenvalue weighted by Crippen LogP contribution is -2.02. The molecule has 1 aliphatic rings. The molecule has 1 aliphatic heterocycles. The zero-order chi connectivity index (χ0) is 16.2. The van der Waals surface area contributed by atoms with Crippen LogP contribution in [0.1, 0.15) is 5.56 Å². The first-order chi connectivity index (χ1) is 10.4. The summed E-state index contributed by atoms with van der Waals surface area (Å²) in [5, 5.41) is 3.67. The molecule has 22 heavy (non-hydrogen) atoms. The van der Waals surface area contributed by atoms with E-state index >= 15 is 0 Å². The van der Waals surface area contributed by atoms with Crippen molar-refractivity contribution in [3.8, 4) is 0 Å². The Labute approximate surface area is 137 Å². The van der Waals surface area contributed by atoms with E-state index in [9.17, 15) is 13.2 Å². The van der Waals surface area contributed by atoms with Crippen LogP contribution >= 0.6 is 23.5 Å². The van der Waals surface area contributed by atoms with Crippen molar-refractivity contribution in [3.63, 3.8) is 0 Å². The first kappa shape index (κ1) is 16.9. The molecule has 1 aromatic rings. The third-order valence-electron chi connectivity index (χ3n) is 2.72. The third-order valence-corrected chi connectivity index (χ3v) is 4.91. The summed E-state index contributed by atoms with van der Waals surface area (Å²) in [6.45, 7) is 0. The predicted octanol–water partition coefficient (Wildman–Crippen LogP) is 2.58. The fourth-order valence-corrected chi connectivity index (χ4v) is 3.37. The number of hydrogen-bond acceptors (Lipinski definition) is 7. The van der Waals surface area contributed by atoms with Crippen LogP contribution in [0.3, 0.4) is 0 Å². The van der Waals surface area contributed by atoms with E-state index in [4.69, 9.17) is 0 Å². The van der Waals surface area contributed by atoms with Gasteiger partial charge >= 0.3 is 10.1 Å². The number of nitrogens with zero attached hydrogens (tertiary/aromatic N) is 1. The standard InChI is InChI=1S/C14H13NO4S3/c1-20-11-5-3-10(4-6-11)12(9-16)13-7-8-14(21-13)15-19-22(2,17)18/h3-8,13H,1-2H3/b15-14+. The molecule has 0 saturated carbocycles. The Morgan fingerprint density at radius 1 is 1.36 bits per heavy atom. The number of benzene rings is 1. The number of hydrogen-bond donors (Lipinski definition) is 0. The lowest BCUT2D eigenvalue weighted by Gasteiger charge is -2.09. The summed E-state index contributed by atoms with van der Waals surface area (Å²) < 4.78 is 26.2. The van der Waals surface area contributed by atoms with Crippen molar-refractivity contribution in [1.82, 2.24) is 0 Å². The molecule has 0 amide bonds. The third kappa shape index (κ3) is 4.51. The van der Waals surface area contributed by atoms with Crippen LogP contribution < -0.4 is 0 Å². The van der Waals surface area contributed by atoms with Gasteiger partial charge < -0.3 is 0 Å². The number of thioether (sulfide) groups is 2. The first-order valence-corrected chi connectivity index (χ1v) is 10.1. The monoisotopic (exact) mass is 355 g/mol. The summed E-state index contributed by atoms with van der Waals surface area (Å²) in [6.07, 6.45) is 6.28. The smallest absolute Gasteiger partial charge is 0.268 e. The van der Waals surface area contributed by atoms with E-state index in [1.807, 2.05) is 36.5 Å². The average Bonchev–Trinajstić information content (AvgIpc) is 2.95. The molecule has 0 radical (unpaired) electrons. The van der Waals surface area contributed by atoms with Crippen LogP contribution in [0.2, 0.25) is 0 Å². The maximum absolute atomic E-state index is 11.3. The summed E-state index contributed by atoms with van der Waals surface area (Å²) in [5.41, 5.74) is 1.26. The van der Waals surface area contributed by atoms with Gasteiger partial charge in [0.1, 0.15) is 11.0 Å². The Bertz CT molecular complexity index is 760. The molecule has 1 heterocycles. The van der Waals surface area contributed by atoms with Crippen molar-refractivity contribution < 1.29 is 17.5 Å². The average molecular weight is 355 g/mol. The van der Waals surface area contributed by atoms with Crippen molar-refractivity contribution in [3.05, 3.63) is 42.0 Å². The second kappa shape index (κ2) is 7.19. The van der Waals surface area contributed by atoms with Crippen LogP contribution in [0.4, 0.5) is 0 Å². The number of carbonyl (C=O) groups excluding carboxylic acids is 1. The second-order valence-electron chi connectivity index (χ2n) is 4.35. The van der Waals surface area contributed by atoms with Gasteiger partial charge in [0.2, 0.25) is 0 Å². The summed E-state index contributed by atoms with van der Waals surface area (Å²) in [6, 6.07) is 7.59. The van der Waals surface area contributed by atoms with Gasteiger partial charge in [-0.15, -0.1) is 11.8 Å². The van der Waals surface area contributed by atoms with Crippen molar-refractivity contribution in [2.75, 3.05) is 12.5 Å². The van der Waals surface area contributed by atoms with E-state index in [-0.39, 0.29) is 5.25 Å². The summed E-state index contributed by atoms with van der Waals surface area (Å²) in [4.78, 5) is 12.4. The van der Waals surface area contributed by atoms with Gasteiger partial charge in [0.05, 0.1) is 17.1 Å². The minimum Gasteiger partial charge on any atom is -0.268 e. The minimum atomic E-state index is -3.64. The molecule has 2 rings (SSSR count). The highest BCUT2D eigenvalue weighted by Crippen LogP contribution is 2.33. The van der Waals surface area contributed by atoms with Crippen LogP contribution in [0, 0.1) is 0 Å². The van der Waals surface area contributed by atoms with Gasteiger partial charge in [-0.05, 0) is 30.0 Å². The molecular weight excluding hydrogens is 342 g/mol. The number of oxime groups is 1. The molecule has 0 N–H and O–H groups in total. The molecule has 1 atom stereocenters. The van der Waals surface area contributed by atoms with Crippen molar-refractivity contribution in [2.24, 2.45) is 5.16 Å². The van der Waals surface area contributed by atoms with Crippen molar-refractivity contribution in [1.29, 1.82) is 0 Å². The van der Waals surface area contributed by atoms with Gasteiger partial charge in [0, 0.05) is 4.90 Å². The maximum atomic E-state index is 11.3. The number of rotatable bonds is 5. The predicted molar refractivity (Wildman–Crippen MR) is 91.2 cm³/mol. The van der Waals surface area contributed by atoms with Crippen LogP contribution in [-0.4, -0.2) is 37.2 Å². The molecular formula is C14H13NO4S3. The zero-order valence-corrected chi connectivity index (χ0v) is 14.3. The van der Waals surface area contributed by atoms with Crippen molar-refractivity contribution >= 4 is 50.2 Å². The van der Waals surface area contributed by atoms with E-state index in [1.165, 1.54) is 11.8 Å². The fourth-order valence-electron chi connectivity index (χ4n) is 1.74. The minimum absolute atomic E-state index is 0.264. The Kier molecular flexibility index (Phi) is 5.52. The van der Waals surface area contributed by atoms with Crippen LogP contribution in [0.25, 0.3) is 5.57 Å². The van der Waals surface area contributed by atoms with E-state index in [2.05, 4.69) is 9.44 Å². The van der Waals surface area contributed by atoms with E-state index in [0.717, 1.165) is 16.7 Å². The Balaban J connectivity index is 2.14. The molecule has 0 spiro atoms. The van der Waals surface area contributed by atoms with Gasteiger partial charge in [-0.1, -0.05) is 35.1 Å². The van der Waals surface area contributed by atoms with Gasteiger partial charge in [0.15, 0.2) is 0 Å². The molecule has 0 fully saturated rings. The highest BCUT2D eigenvalue weighted by Gasteiger charge is 2.23. The van der Waals surface area contributed by atoms with Gasteiger partial charge in [-0.3, -0.25) is 4.28 Å². The van der Waals surface area contributed by atoms with Gasteiger partial charge in [-0.25, -0.2) is 4.79 Å². The highest BCUT2D eigenvalue weighted by atomic mass is 32.2.